The lowest BCUT2D eigenvalue weighted by Crippen LogP contribution is -2.47. The first-order valence-corrected chi connectivity index (χ1v) is 8.42. The Morgan fingerprint density at radius 2 is 1.69 bits per heavy atom. The Labute approximate surface area is 151 Å². The van der Waals surface area contributed by atoms with Gasteiger partial charge in [-0.05, 0) is 51.5 Å². The molecule has 0 aromatic heterocycles. The van der Waals surface area contributed by atoms with Crippen molar-refractivity contribution in [2.24, 2.45) is 0 Å². The zero-order valence-electron chi connectivity index (χ0n) is 15.1. The summed E-state index contributed by atoms with van der Waals surface area (Å²) in [6.45, 7) is 5.19. The van der Waals surface area contributed by atoms with Crippen LogP contribution in [0.4, 0.5) is 4.39 Å². The lowest BCUT2D eigenvalue weighted by atomic mass is 10.1. The summed E-state index contributed by atoms with van der Waals surface area (Å²) in [6, 6.07) is 4.21. The Bertz CT molecular complexity index is 604. The number of hydrogen-bond donors (Lipinski definition) is 1. The van der Waals surface area contributed by atoms with Crippen molar-refractivity contribution >= 4 is 17.8 Å². The average molecular weight is 369 g/mol. The first kappa shape index (κ1) is 21.4. The maximum atomic E-state index is 12.9. The van der Waals surface area contributed by atoms with Crippen LogP contribution < -0.4 is 10.1 Å². The van der Waals surface area contributed by atoms with Gasteiger partial charge in [-0.15, -0.1) is 0 Å². The van der Waals surface area contributed by atoms with Crippen LogP contribution >= 0.6 is 0 Å². The zero-order valence-corrected chi connectivity index (χ0v) is 15.1. The molecule has 144 valence electrons. The fourth-order valence-corrected chi connectivity index (χ4v) is 2.05. The monoisotopic (exact) mass is 369 g/mol. The smallest absolute Gasteiger partial charge is 0.328 e. The Balaban J connectivity index is 2.65. The van der Waals surface area contributed by atoms with Crippen LogP contribution in [-0.4, -0.2) is 43.2 Å². The quantitative estimate of drug-likeness (QED) is 0.634. The molecule has 2 atom stereocenters. The van der Waals surface area contributed by atoms with Gasteiger partial charge in [0, 0.05) is 6.42 Å². The Hall–Kier alpha value is -2.64. The predicted octanol–water partition coefficient (Wildman–Crippen LogP) is 1.98. The predicted molar refractivity (Wildman–Crippen MR) is 90.9 cm³/mol. The molecule has 1 aromatic carbocycles. The minimum Gasteiger partial charge on any atom is -0.481 e. The number of hydrogen-bond acceptors (Lipinski definition) is 6. The largest absolute Gasteiger partial charge is 0.481 e. The maximum Gasteiger partial charge on any atom is 0.328 e. The summed E-state index contributed by atoms with van der Waals surface area (Å²) in [6.07, 6.45) is -0.919. The van der Waals surface area contributed by atoms with Gasteiger partial charge in [0.2, 0.25) is 0 Å². The Kier molecular flexibility index (Phi) is 9.11. The van der Waals surface area contributed by atoms with Crippen LogP contribution in [0, 0.1) is 5.82 Å². The van der Waals surface area contributed by atoms with E-state index in [0.717, 1.165) is 0 Å². The topological polar surface area (TPSA) is 90.9 Å². The van der Waals surface area contributed by atoms with Gasteiger partial charge in [0.15, 0.2) is 6.10 Å². The Morgan fingerprint density at radius 3 is 2.27 bits per heavy atom. The molecule has 0 saturated heterocycles. The van der Waals surface area contributed by atoms with Gasteiger partial charge in [-0.1, -0.05) is 0 Å². The average Bonchev–Trinajstić information content (AvgIpc) is 2.60. The maximum absolute atomic E-state index is 12.9. The summed E-state index contributed by atoms with van der Waals surface area (Å²) < 4.78 is 28.0. The van der Waals surface area contributed by atoms with E-state index < -0.39 is 35.8 Å². The molecule has 0 spiro atoms. The van der Waals surface area contributed by atoms with Gasteiger partial charge in [-0.2, -0.15) is 0 Å². The number of carbonyl (C=O) groups excluding carboxylic acids is 3. The highest BCUT2D eigenvalue weighted by Gasteiger charge is 2.26. The van der Waals surface area contributed by atoms with Crippen molar-refractivity contribution in [3.05, 3.63) is 30.1 Å². The molecule has 1 rings (SSSR count). The SMILES string of the molecule is CCOC(=O)CC[C@@H](NC(=O)[C@@H](C)Oc1ccc(F)cc1)C(=O)OCC. The van der Waals surface area contributed by atoms with Gasteiger partial charge < -0.3 is 19.5 Å². The molecule has 0 heterocycles. The van der Waals surface area contributed by atoms with Crippen molar-refractivity contribution in [3.8, 4) is 5.75 Å². The summed E-state index contributed by atoms with van der Waals surface area (Å²) in [4.78, 5) is 35.7. The number of ether oxygens (including phenoxy) is 3. The minimum atomic E-state index is -0.994. The number of amides is 1. The third-order valence-electron chi connectivity index (χ3n) is 3.33. The lowest BCUT2D eigenvalue weighted by molar-refractivity contribution is -0.149. The van der Waals surface area contributed by atoms with E-state index in [0.29, 0.717) is 5.75 Å². The van der Waals surface area contributed by atoms with Crippen LogP contribution in [0.25, 0.3) is 0 Å². The van der Waals surface area contributed by atoms with E-state index in [1.54, 1.807) is 13.8 Å². The van der Waals surface area contributed by atoms with E-state index in [1.165, 1.54) is 31.2 Å². The minimum absolute atomic E-state index is 0.0369. The number of carbonyl (C=O) groups is 3. The number of benzene rings is 1. The fraction of sp³-hybridized carbons (Fsp3) is 0.500. The van der Waals surface area contributed by atoms with Crippen LogP contribution in [0.1, 0.15) is 33.6 Å². The first-order chi connectivity index (χ1) is 12.4. The number of rotatable bonds is 10. The second kappa shape index (κ2) is 11.1. The second-order valence-electron chi connectivity index (χ2n) is 5.37. The molecule has 0 aliphatic heterocycles. The molecule has 0 bridgehead atoms. The number of halogens is 1. The van der Waals surface area contributed by atoms with Gasteiger partial charge in [-0.3, -0.25) is 9.59 Å². The normalized spacial score (nSPS) is 12.6. The molecule has 7 nitrogen and oxygen atoms in total. The molecule has 8 heteroatoms. The standard InChI is InChI=1S/C18H24FNO6/c1-4-24-16(21)11-10-15(18(23)25-5-2)20-17(22)12(3)26-14-8-6-13(19)7-9-14/h6-9,12,15H,4-5,10-11H2,1-3H3,(H,20,22)/t12-,15-/m1/s1. The van der Waals surface area contributed by atoms with Crippen LogP contribution in [0.15, 0.2) is 24.3 Å². The van der Waals surface area contributed by atoms with E-state index >= 15 is 0 Å². The van der Waals surface area contributed by atoms with Crippen molar-refractivity contribution in [1.29, 1.82) is 0 Å². The second-order valence-corrected chi connectivity index (χ2v) is 5.37. The highest BCUT2D eigenvalue weighted by atomic mass is 19.1. The van der Waals surface area contributed by atoms with E-state index in [2.05, 4.69) is 5.32 Å². The van der Waals surface area contributed by atoms with Crippen molar-refractivity contribution < 1.29 is 33.0 Å². The number of esters is 2. The molecule has 26 heavy (non-hydrogen) atoms. The van der Waals surface area contributed by atoms with Crippen molar-refractivity contribution in [2.75, 3.05) is 13.2 Å². The zero-order chi connectivity index (χ0) is 19.5. The van der Waals surface area contributed by atoms with Gasteiger partial charge in [-0.25, -0.2) is 9.18 Å². The van der Waals surface area contributed by atoms with E-state index in [1.807, 2.05) is 0 Å². The molecule has 0 unspecified atom stereocenters. The van der Waals surface area contributed by atoms with E-state index in [4.69, 9.17) is 14.2 Å². The highest BCUT2D eigenvalue weighted by molar-refractivity contribution is 5.87. The molecule has 0 fully saturated rings. The third kappa shape index (κ3) is 7.50. The van der Waals surface area contributed by atoms with E-state index in [9.17, 15) is 18.8 Å². The lowest BCUT2D eigenvalue weighted by Gasteiger charge is -2.20. The summed E-state index contributed by atoms with van der Waals surface area (Å²) in [7, 11) is 0. The summed E-state index contributed by atoms with van der Waals surface area (Å²) in [5.74, 6) is -1.77. The van der Waals surface area contributed by atoms with Gasteiger partial charge in [0.25, 0.3) is 5.91 Å². The fourth-order valence-electron chi connectivity index (χ4n) is 2.05. The molecule has 1 aromatic rings. The van der Waals surface area contributed by atoms with Gasteiger partial charge in [0.05, 0.1) is 13.2 Å². The van der Waals surface area contributed by atoms with Gasteiger partial charge >= 0.3 is 11.9 Å². The first-order valence-electron chi connectivity index (χ1n) is 8.42. The summed E-state index contributed by atoms with van der Waals surface area (Å²) in [5, 5.41) is 2.51. The third-order valence-corrected chi connectivity index (χ3v) is 3.33. The van der Waals surface area contributed by atoms with Crippen molar-refractivity contribution in [3.63, 3.8) is 0 Å². The molecule has 0 aliphatic carbocycles. The van der Waals surface area contributed by atoms with E-state index in [-0.39, 0.29) is 26.1 Å². The van der Waals surface area contributed by atoms with Crippen LogP contribution in [-0.2, 0) is 23.9 Å². The summed E-state index contributed by atoms with van der Waals surface area (Å²) >= 11 is 0. The highest BCUT2D eigenvalue weighted by Crippen LogP contribution is 2.13. The van der Waals surface area contributed by atoms with Crippen molar-refractivity contribution in [2.45, 2.75) is 45.8 Å². The molecular formula is C18H24FNO6. The molecule has 0 saturated carbocycles. The van der Waals surface area contributed by atoms with Gasteiger partial charge in [0.1, 0.15) is 17.6 Å². The van der Waals surface area contributed by atoms with Crippen LogP contribution in [0.3, 0.4) is 0 Å². The van der Waals surface area contributed by atoms with Crippen LogP contribution in [0.5, 0.6) is 5.75 Å². The molecule has 1 amide bonds. The molecule has 1 N–H and O–H groups in total. The van der Waals surface area contributed by atoms with Crippen LogP contribution in [0.2, 0.25) is 0 Å². The summed E-state index contributed by atoms with van der Waals surface area (Å²) in [5.41, 5.74) is 0. The Morgan fingerprint density at radius 1 is 1.08 bits per heavy atom. The molecule has 0 radical (unpaired) electrons. The molecule has 0 aliphatic rings. The number of nitrogens with one attached hydrogen (secondary N) is 1. The molecular weight excluding hydrogens is 345 g/mol. The van der Waals surface area contributed by atoms with Crippen molar-refractivity contribution in [1.82, 2.24) is 5.32 Å².